The van der Waals surface area contributed by atoms with E-state index in [0.29, 0.717) is 6.61 Å². The molecule has 1 aliphatic rings. The monoisotopic (exact) mass is 451 g/mol. The molecule has 0 saturated carbocycles. The van der Waals surface area contributed by atoms with Crippen LogP contribution in [-0.4, -0.2) is 31.2 Å². The Kier molecular flexibility index (Phi) is 5.81. The zero-order valence-corrected chi connectivity index (χ0v) is 17.4. The van der Waals surface area contributed by atoms with Crippen molar-refractivity contribution in [2.24, 2.45) is 0 Å². The van der Waals surface area contributed by atoms with Crippen molar-refractivity contribution in [3.8, 4) is 5.75 Å². The molecule has 1 fully saturated rings. The minimum Gasteiger partial charge on any atom is -0.488 e. The van der Waals surface area contributed by atoms with Gasteiger partial charge in [0.15, 0.2) is 0 Å². The molecule has 0 unspecified atom stereocenters. The van der Waals surface area contributed by atoms with E-state index in [0.717, 1.165) is 48.1 Å². The third-order valence-electron chi connectivity index (χ3n) is 4.51. The summed E-state index contributed by atoms with van der Waals surface area (Å²) in [6, 6.07) is 14.0. The van der Waals surface area contributed by atoms with Gasteiger partial charge in [-0.2, -0.15) is 0 Å². The van der Waals surface area contributed by atoms with E-state index < -0.39 is 0 Å². The van der Waals surface area contributed by atoms with Crippen molar-refractivity contribution >= 4 is 49.0 Å². The average molecular weight is 453 g/mol. The lowest BCUT2D eigenvalue weighted by atomic mass is 10.1. The van der Waals surface area contributed by atoms with Crippen molar-refractivity contribution in [1.29, 1.82) is 0 Å². The maximum absolute atomic E-state index is 6.03. The molecule has 136 valence electrons. The van der Waals surface area contributed by atoms with Gasteiger partial charge in [-0.1, -0.05) is 27.5 Å². The Labute approximate surface area is 170 Å². The fraction of sp³-hybridized carbons (Fsp3) is 0.300. The minimum atomic E-state index is 0.568. The molecule has 3 nitrogen and oxygen atoms in total. The SMILES string of the molecule is Clc1ccc(OCc2sc3ccc(Br)cc3c2CN2CCOCC2)cc1. The molecule has 0 N–H and O–H groups in total. The molecule has 6 heteroatoms. The highest BCUT2D eigenvalue weighted by atomic mass is 79.9. The van der Waals surface area contributed by atoms with Crippen molar-refractivity contribution in [2.75, 3.05) is 26.3 Å². The number of nitrogens with zero attached hydrogens (tertiary/aromatic N) is 1. The molecule has 0 spiro atoms. The zero-order chi connectivity index (χ0) is 17.9. The fourth-order valence-corrected chi connectivity index (χ4v) is 4.72. The molecule has 0 atom stereocenters. The standard InChI is InChI=1S/C20H19BrClNO2S/c21-14-1-6-19-17(11-14)18(12-23-7-9-24-10-8-23)20(26-19)13-25-16-4-2-15(22)3-5-16/h1-6,11H,7-10,12-13H2. The largest absolute Gasteiger partial charge is 0.488 e. The lowest BCUT2D eigenvalue weighted by Crippen LogP contribution is -2.35. The van der Waals surface area contributed by atoms with Crippen molar-refractivity contribution in [3.05, 3.63) is 62.4 Å². The summed E-state index contributed by atoms with van der Waals surface area (Å²) in [4.78, 5) is 3.73. The molecular weight excluding hydrogens is 434 g/mol. The molecule has 0 radical (unpaired) electrons. The Hall–Kier alpha value is -1.11. The van der Waals surface area contributed by atoms with Crippen molar-refractivity contribution in [3.63, 3.8) is 0 Å². The van der Waals surface area contributed by atoms with Crippen LogP contribution in [0.2, 0.25) is 5.02 Å². The molecule has 1 aliphatic heterocycles. The van der Waals surface area contributed by atoms with Gasteiger partial charge in [0, 0.05) is 38.7 Å². The highest BCUT2D eigenvalue weighted by Crippen LogP contribution is 2.35. The van der Waals surface area contributed by atoms with Gasteiger partial charge in [0.05, 0.1) is 13.2 Å². The van der Waals surface area contributed by atoms with E-state index in [1.54, 1.807) is 0 Å². The van der Waals surface area contributed by atoms with Crippen LogP contribution in [0.15, 0.2) is 46.9 Å². The predicted molar refractivity (Wildman–Crippen MR) is 111 cm³/mol. The van der Waals surface area contributed by atoms with Gasteiger partial charge in [0.2, 0.25) is 0 Å². The van der Waals surface area contributed by atoms with Gasteiger partial charge in [0.25, 0.3) is 0 Å². The molecule has 2 aromatic carbocycles. The molecule has 0 aliphatic carbocycles. The first-order valence-electron chi connectivity index (χ1n) is 8.57. The summed E-state index contributed by atoms with van der Waals surface area (Å²) in [6.45, 7) is 5.06. The predicted octanol–water partition coefficient (Wildman–Crippen LogP) is 5.73. The van der Waals surface area contributed by atoms with Crippen LogP contribution in [0.5, 0.6) is 5.75 Å². The minimum absolute atomic E-state index is 0.568. The quantitative estimate of drug-likeness (QED) is 0.493. The van der Waals surface area contributed by atoms with Gasteiger partial charge < -0.3 is 9.47 Å². The highest BCUT2D eigenvalue weighted by molar-refractivity contribution is 9.10. The first kappa shape index (κ1) is 18.3. The van der Waals surface area contributed by atoms with E-state index in [1.165, 1.54) is 20.5 Å². The summed E-state index contributed by atoms with van der Waals surface area (Å²) in [7, 11) is 0. The Morgan fingerprint density at radius 1 is 1.12 bits per heavy atom. The summed E-state index contributed by atoms with van der Waals surface area (Å²) in [5, 5.41) is 2.03. The number of morpholine rings is 1. The van der Waals surface area contributed by atoms with E-state index in [2.05, 4.69) is 39.0 Å². The number of hydrogen-bond acceptors (Lipinski definition) is 4. The second kappa shape index (κ2) is 8.28. The summed E-state index contributed by atoms with van der Waals surface area (Å²) >= 11 is 11.4. The Morgan fingerprint density at radius 3 is 2.65 bits per heavy atom. The molecule has 4 rings (SSSR count). The van der Waals surface area contributed by atoms with Crippen LogP contribution in [-0.2, 0) is 17.9 Å². The summed E-state index contributed by atoms with van der Waals surface area (Å²) in [5.41, 5.74) is 1.36. The van der Waals surface area contributed by atoms with Gasteiger partial charge in [-0.25, -0.2) is 0 Å². The lowest BCUT2D eigenvalue weighted by molar-refractivity contribution is 0.0342. The summed E-state index contributed by atoms with van der Waals surface area (Å²) < 4.78 is 13.9. The normalized spacial score (nSPS) is 15.5. The van der Waals surface area contributed by atoms with E-state index in [1.807, 2.05) is 35.6 Å². The van der Waals surface area contributed by atoms with Gasteiger partial charge in [-0.15, -0.1) is 11.3 Å². The molecule has 1 saturated heterocycles. The maximum Gasteiger partial charge on any atom is 0.123 e. The molecule has 3 aromatic rings. The van der Waals surface area contributed by atoms with Crippen LogP contribution < -0.4 is 4.74 Å². The second-order valence-electron chi connectivity index (χ2n) is 6.28. The number of thiophene rings is 1. The van der Waals surface area contributed by atoms with Crippen LogP contribution in [0.25, 0.3) is 10.1 Å². The zero-order valence-electron chi connectivity index (χ0n) is 14.2. The van der Waals surface area contributed by atoms with E-state index in [9.17, 15) is 0 Å². The molecular formula is C20H19BrClNO2S. The van der Waals surface area contributed by atoms with Crippen molar-refractivity contribution in [1.82, 2.24) is 4.90 Å². The molecule has 2 heterocycles. The average Bonchev–Trinajstić information content (AvgIpc) is 2.99. The number of hydrogen-bond donors (Lipinski definition) is 0. The third-order valence-corrected chi connectivity index (χ3v) is 6.44. The summed E-state index contributed by atoms with van der Waals surface area (Å²) in [6.07, 6.45) is 0. The molecule has 26 heavy (non-hydrogen) atoms. The second-order valence-corrected chi connectivity index (χ2v) is 8.76. The smallest absolute Gasteiger partial charge is 0.123 e. The van der Waals surface area contributed by atoms with Crippen LogP contribution >= 0.6 is 38.9 Å². The van der Waals surface area contributed by atoms with Gasteiger partial charge in [-0.3, -0.25) is 4.90 Å². The lowest BCUT2D eigenvalue weighted by Gasteiger charge is -2.27. The van der Waals surface area contributed by atoms with Gasteiger partial charge in [-0.05, 0) is 53.4 Å². The van der Waals surface area contributed by atoms with E-state index in [4.69, 9.17) is 21.1 Å². The Balaban J connectivity index is 1.61. The van der Waals surface area contributed by atoms with Gasteiger partial charge in [0.1, 0.15) is 12.4 Å². The maximum atomic E-state index is 6.03. The third kappa shape index (κ3) is 4.24. The number of benzene rings is 2. The van der Waals surface area contributed by atoms with E-state index in [-0.39, 0.29) is 0 Å². The summed E-state index contributed by atoms with van der Waals surface area (Å²) in [5.74, 6) is 0.838. The highest BCUT2D eigenvalue weighted by Gasteiger charge is 2.18. The topological polar surface area (TPSA) is 21.7 Å². The van der Waals surface area contributed by atoms with Crippen molar-refractivity contribution in [2.45, 2.75) is 13.2 Å². The molecule has 0 amide bonds. The Bertz CT molecular complexity index is 891. The first-order valence-corrected chi connectivity index (χ1v) is 10.6. The van der Waals surface area contributed by atoms with E-state index >= 15 is 0 Å². The molecule has 0 bridgehead atoms. The van der Waals surface area contributed by atoms with Crippen LogP contribution in [0.4, 0.5) is 0 Å². The van der Waals surface area contributed by atoms with Crippen LogP contribution in [0.3, 0.4) is 0 Å². The number of ether oxygens (including phenoxy) is 2. The number of fused-ring (bicyclic) bond motifs is 1. The van der Waals surface area contributed by atoms with Crippen LogP contribution in [0, 0.1) is 0 Å². The van der Waals surface area contributed by atoms with Gasteiger partial charge >= 0.3 is 0 Å². The number of halogens is 2. The molecule has 1 aromatic heterocycles. The first-order chi connectivity index (χ1) is 12.7. The van der Waals surface area contributed by atoms with Crippen molar-refractivity contribution < 1.29 is 9.47 Å². The Morgan fingerprint density at radius 2 is 1.88 bits per heavy atom. The fourth-order valence-electron chi connectivity index (χ4n) is 3.12. The number of rotatable bonds is 5. The van der Waals surface area contributed by atoms with Crippen LogP contribution in [0.1, 0.15) is 10.4 Å².